The molecule has 0 N–H and O–H groups in total. The molecule has 138 valence electrons. The summed E-state index contributed by atoms with van der Waals surface area (Å²) in [6, 6.07) is 26.1. The third-order valence-electron chi connectivity index (χ3n) is 4.58. The Morgan fingerprint density at radius 1 is 0.893 bits per heavy atom. The Bertz CT molecular complexity index is 1120. The highest BCUT2D eigenvalue weighted by atomic mass is 32.2. The van der Waals surface area contributed by atoms with Crippen molar-refractivity contribution < 1.29 is 4.79 Å². The highest BCUT2D eigenvalue weighted by Gasteiger charge is 2.21. The van der Waals surface area contributed by atoms with Crippen LogP contribution in [-0.2, 0) is 0 Å². The molecule has 0 fully saturated rings. The van der Waals surface area contributed by atoms with Crippen LogP contribution in [0, 0.1) is 13.8 Å². The van der Waals surface area contributed by atoms with E-state index >= 15 is 0 Å². The molecule has 0 spiro atoms. The van der Waals surface area contributed by atoms with Gasteiger partial charge in [0.25, 0.3) is 0 Å². The van der Waals surface area contributed by atoms with Crippen molar-refractivity contribution in [1.82, 2.24) is 9.78 Å². The molecule has 4 rings (SSSR count). The van der Waals surface area contributed by atoms with Gasteiger partial charge in [-0.1, -0.05) is 78.0 Å². The van der Waals surface area contributed by atoms with E-state index in [1.54, 1.807) is 11.8 Å². The molecule has 1 aromatic heterocycles. The number of aldehydes is 1. The first kappa shape index (κ1) is 18.3. The summed E-state index contributed by atoms with van der Waals surface area (Å²) in [5, 5.41) is 5.66. The molecule has 0 aliphatic rings. The first-order valence-electron chi connectivity index (χ1n) is 9.11. The van der Waals surface area contributed by atoms with Crippen molar-refractivity contribution in [3.63, 3.8) is 0 Å². The van der Waals surface area contributed by atoms with Crippen LogP contribution in [0.15, 0.2) is 88.8 Å². The predicted octanol–water partition coefficient (Wildman–Crippen LogP) is 6.12. The standard InChI is InChI=1S/C24H20N2OS/c1-17-13-14-22(18(2)15-17)28-24-21(16-27)23(19-9-5-3-6-10-19)25-26(24)20-11-7-4-8-12-20/h3-16H,1-2H3. The number of benzene rings is 3. The van der Waals surface area contributed by atoms with Crippen LogP contribution in [0.2, 0.25) is 0 Å². The first-order valence-corrected chi connectivity index (χ1v) is 9.93. The minimum Gasteiger partial charge on any atom is -0.298 e. The van der Waals surface area contributed by atoms with E-state index in [-0.39, 0.29) is 0 Å². The second kappa shape index (κ2) is 7.87. The van der Waals surface area contributed by atoms with E-state index in [0.717, 1.165) is 27.5 Å². The molecule has 1 heterocycles. The van der Waals surface area contributed by atoms with Crippen LogP contribution < -0.4 is 0 Å². The van der Waals surface area contributed by atoms with Crippen molar-refractivity contribution in [2.24, 2.45) is 0 Å². The zero-order valence-electron chi connectivity index (χ0n) is 15.8. The minimum atomic E-state index is 0.611. The van der Waals surface area contributed by atoms with Gasteiger partial charge in [-0.15, -0.1) is 0 Å². The Balaban J connectivity index is 1.92. The number of carbonyl (C=O) groups is 1. The van der Waals surface area contributed by atoms with E-state index < -0.39 is 0 Å². The maximum Gasteiger partial charge on any atom is 0.155 e. The highest BCUT2D eigenvalue weighted by molar-refractivity contribution is 7.99. The molecule has 0 atom stereocenters. The maximum atomic E-state index is 12.1. The summed E-state index contributed by atoms with van der Waals surface area (Å²) in [4.78, 5) is 13.2. The van der Waals surface area contributed by atoms with E-state index in [2.05, 4.69) is 32.0 Å². The van der Waals surface area contributed by atoms with Gasteiger partial charge in [0.15, 0.2) is 6.29 Å². The van der Waals surface area contributed by atoms with Gasteiger partial charge in [0.2, 0.25) is 0 Å². The van der Waals surface area contributed by atoms with Gasteiger partial charge in [-0.3, -0.25) is 4.79 Å². The van der Waals surface area contributed by atoms with Crippen molar-refractivity contribution in [2.75, 3.05) is 0 Å². The molecular formula is C24H20N2OS. The second-order valence-electron chi connectivity index (χ2n) is 6.67. The second-order valence-corrected chi connectivity index (χ2v) is 7.70. The lowest BCUT2D eigenvalue weighted by Gasteiger charge is -2.10. The van der Waals surface area contributed by atoms with Crippen LogP contribution in [0.25, 0.3) is 16.9 Å². The van der Waals surface area contributed by atoms with Gasteiger partial charge >= 0.3 is 0 Å². The van der Waals surface area contributed by atoms with Crippen molar-refractivity contribution in [1.29, 1.82) is 0 Å². The molecule has 0 aliphatic heterocycles. The number of hydrogen-bond acceptors (Lipinski definition) is 3. The van der Waals surface area contributed by atoms with Crippen LogP contribution in [-0.4, -0.2) is 16.1 Å². The summed E-state index contributed by atoms with van der Waals surface area (Å²) >= 11 is 1.58. The van der Waals surface area contributed by atoms with Crippen molar-refractivity contribution in [3.05, 3.63) is 95.6 Å². The Labute approximate surface area is 169 Å². The Morgan fingerprint density at radius 3 is 2.21 bits per heavy atom. The lowest BCUT2D eigenvalue weighted by Crippen LogP contribution is -1.99. The van der Waals surface area contributed by atoms with Crippen molar-refractivity contribution in [3.8, 4) is 16.9 Å². The fraction of sp³-hybridized carbons (Fsp3) is 0.0833. The summed E-state index contributed by atoms with van der Waals surface area (Å²) in [7, 11) is 0. The third-order valence-corrected chi connectivity index (χ3v) is 5.84. The van der Waals surface area contributed by atoms with Crippen molar-refractivity contribution in [2.45, 2.75) is 23.8 Å². The predicted molar refractivity (Wildman–Crippen MR) is 114 cm³/mol. The largest absolute Gasteiger partial charge is 0.298 e. The number of rotatable bonds is 5. The van der Waals surface area contributed by atoms with Crippen LogP contribution in [0.5, 0.6) is 0 Å². The smallest absolute Gasteiger partial charge is 0.155 e. The minimum absolute atomic E-state index is 0.611. The molecule has 0 radical (unpaired) electrons. The summed E-state index contributed by atoms with van der Waals surface area (Å²) in [5.74, 6) is 0. The van der Waals surface area contributed by atoms with E-state index in [9.17, 15) is 4.79 Å². The number of aryl methyl sites for hydroxylation is 2. The Kier molecular flexibility index (Phi) is 5.13. The molecule has 4 heteroatoms. The van der Waals surface area contributed by atoms with Crippen LogP contribution >= 0.6 is 11.8 Å². The van der Waals surface area contributed by atoms with Gasteiger partial charge < -0.3 is 0 Å². The Hall–Kier alpha value is -3.11. The molecule has 0 amide bonds. The first-order chi connectivity index (χ1) is 13.7. The van der Waals surface area contributed by atoms with Gasteiger partial charge in [-0.2, -0.15) is 5.10 Å². The van der Waals surface area contributed by atoms with Gasteiger partial charge in [0, 0.05) is 10.5 Å². The normalized spacial score (nSPS) is 10.8. The molecule has 0 bridgehead atoms. The zero-order valence-corrected chi connectivity index (χ0v) is 16.6. The molecule has 28 heavy (non-hydrogen) atoms. The number of carbonyl (C=O) groups excluding carboxylic acids is 1. The lowest BCUT2D eigenvalue weighted by molar-refractivity contribution is 0.112. The number of para-hydroxylation sites is 1. The molecule has 4 aromatic rings. The SMILES string of the molecule is Cc1ccc(Sc2c(C=O)c(-c3ccccc3)nn2-c2ccccc2)c(C)c1. The highest BCUT2D eigenvalue weighted by Crippen LogP contribution is 2.38. The summed E-state index contributed by atoms with van der Waals surface area (Å²) in [5.41, 5.74) is 5.58. The summed E-state index contributed by atoms with van der Waals surface area (Å²) in [6.07, 6.45) is 0.917. The fourth-order valence-electron chi connectivity index (χ4n) is 3.19. The zero-order chi connectivity index (χ0) is 19.5. The number of hydrogen-bond donors (Lipinski definition) is 0. The monoisotopic (exact) mass is 384 g/mol. The average molecular weight is 385 g/mol. The molecule has 0 saturated carbocycles. The van der Waals surface area contributed by atoms with E-state index in [1.807, 2.05) is 65.3 Å². The third kappa shape index (κ3) is 3.51. The molecule has 0 saturated heterocycles. The molecule has 3 aromatic carbocycles. The fourth-order valence-corrected chi connectivity index (χ4v) is 4.24. The van der Waals surface area contributed by atoms with Crippen LogP contribution in [0.1, 0.15) is 21.5 Å². The van der Waals surface area contributed by atoms with E-state index in [0.29, 0.717) is 11.3 Å². The van der Waals surface area contributed by atoms with Gasteiger partial charge in [-0.05, 0) is 37.6 Å². The lowest BCUT2D eigenvalue weighted by atomic mass is 10.1. The topological polar surface area (TPSA) is 34.9 Å². The molecule has 0 unspecified atom stereocenters. The van der Waals surface area contributed by atoms with Crippen LogP contribution in [0.4, 0.5) is 0 Å². The number of aromatic nitrogens is 2. The maximum absolute atomic E-state index is 12.1. The quantitative estimate of drug-likeness (QED) is 0.389. The van der Waals surface area contributed by atoms with Gasteiger partial charge in [-0.25, -0.2) is 4.68 Å². The average Bonchev–Trinajstić information content (AvgIpc) is 3.09. The van der Waals surface area contributed by atoms with E-state index in [4.69, 9.17) is 5.10 Å². The summed E-state index contributed by atoms with van der Waals surface area (Å²) < 4.78 is 1.87. The van der Waals surface area contributed by atoms with E-state index in [1.165, 1.54) is 11.1 Å². The number of nitrogens with zero attached hydrogens (tertiary/aromatic N) is 2. The Morgan fingerprint density at radius 2 is 1.57 bits per heavy atom. The van der Waals surface area contributed by atoms with Gasteiger partial charge in [0.1, 0.15) is 10.7 Å². The molecular weight excluding hydrogens is 364 g/mol. The molecule has 3 nitrogen and oxygen atoms in total. The van der Waals surface area contributed by atoms with Crippen LogP contribution in [0.3, 0.4) is 0 Å². The molecule has 0 aliphatic carbocycles. The summed E-state index contributed by atoms with van der Waals surface area (Å²) in [6.45, 7) is 4.18. The van der Waals surface area contributed by atoms with Gasteiger partial charge in [0.05, 0.1) is 11.3 Å². The van der Waals surface area contributed by atoms with Crippen molar-refractivity contribution >= 4 is 18.0 Å².